The van der Waals surface area contributed by atoms with E-state index in [2.05, 4.69) is 78.0 Å². The van der Waals surface area contributed by atoms with E-state index in [9.17, 15) is 9.59 Å². The van der Waals surface area contributed by atoms with Gasteiger partial charge in [-0.15, -0.1) is 0 Å². The normalized spacial score (nSPS) is 12.2. The first kappa shape index (κ1) is 29.3. The summed E-state index contributed by atoms with van der Waals surface area (Å²) >= 11 is 5.71. The second kappa shape index (κ2) is 20.9. The highest BCUT2D eigenvalue weighted by atomic mass is 35.5. The molecule has 0 aromatic carbocycles. The summed E-state index contributed by atoms with van der Waals surface area (Å²) in [4.78, 5) is 27.8. The van der Waals surface area contributed by atoms with E-state index < -0.39 is 0 Å². The van der Waals surface area contributed by atoms with Gasteiger partial charge in [-0.3, -0.25) is 9.59 Å². The Bertz CT molecular complexity index is 836. The van der Waals surface area contributed by atoms with E-state index in [4.69, 9.17) is 11.6 Å². The monoisotopic (exact) mass is 482 g/mol. The zero-order valence-corrected chi connectivity index (χ0v) is 21.2. The molecule has 1 N–H and O–H groups in total. The standard InChI is InChI=1S/C29H39ClN2O2/c1-2-3-4-5-6-7-8-9-10-11-12-13-14-15-16-17-18-20-27(33)21-19-24-31-29(34)26-22-23-28(30)32-25-26/h3-4,6-7,9-10,12-13,15-16,22-23,25H,2,5,8,11,14,17-21,24H2,1H3,(H,31,34)/b4-3-,7-6-,10-9-,13-12-,16-15-. The van der Waals surface area contributed by atoms with Crippen LogP contribution in [0.5, 0.6) is 0 Å². The van der Waals surface area contributed by atoms with Crippen molar-refractivity contribution in [2.24, 2.45) is 0 Å². The van der Waals surface area contributed by atoms with Crippen LogP contribution in [0.3, 0.4) is 0 Å². The molecular formula is C29H39ClN2O2. The first-order chi connectivity index (χ1) is 16.6. The molecule has 0 spiro atoms. The fourth-order valence-electron chi connectivity index (χ4n) is 3.01. The molecule has 0 aliphatic heterocycles. The number of halogens is 1. The van der Waals surface area contributed by atoms with Gasteiger partial charge in [-0.2, -0.15) is 0 Å². The maximum Gasteiger partial charge on any atom is 0.252 e. The van der Waals surface area contributed by atoms with Gasteiger partial charge in [0.05, 0.1) is 5.56 Å². The zero-order valence-electron chi connectivity index (χ0n) is 20.4. The summed E-state index contributed by atoms with van der Waals surface area (Å²) in [5.74, 6) is 0.0461. The summed E-state index contributed by atoms with van der Waals surface area (Å²) in [6.45, 7) is 2.62. The molecule has 0 fully saturated rings. The third-order valence-electron chi connectivity index (χ3n) is 4.89. The predicted molar refractivity (Wildman–Crippen MR) is 144 cm³/mol. The van der Waals surface area contributed by atoms with Crippen LogP contribution in [0.1, 0.15) is 81.5 Å². The molecular weight excluding hydrogens is 444 g/mol. The minimum Gasteiger partial charge on any atom is -0.352 e. The molecule has 0 saturated heterocycles. The van der Waals surface area contributed by atoms with Gasteiger partial charge >= 0.3 is 0 Å². The number of Topliss-reactive ketones (excluding diaryl/α,β-unsaturated/α-hetero) is 1. The molecule has 34 heavy (non-hydrogen) atoms. The fraction of sp³-hybridized carbons (Fsp3) is 0.414. The van der Waals surface area contributed by atoms with Gasteiger partial charge < -0.3 is 5.32 Å². The highest BCUT2D eigenvalue weighted by Crippen LogP contribution is 2.06. The van der Waals surface area contributed by atoms with E-state index >= 15 is 0 Å². The summed E-state index contributed by atoms with van der Waals surface area (Å²) in [6.07, 6.45) is 31.8. The molecule has 1 amide bonds. The Morgan fingerprint density at radius 1 is 0.824 bits per heavy atom. The van der Waals surface area contributed by atoms with Gasteiger partial charge in [0.2, 0.25) is 0 Å². The second-order valence-corrected chi connectivity index (χ2v) is 8.26. The van der Waals surface area contributed by atoms with Gasteiger partial charge in [-0.25, -0.2) is 4.98 Å². The van der Waals surface area contributed by atoms with Crippen LogP contribution in [0, 0.1) is 0 Å². The molecule has 1 aromatic heterocycles. The average molecular weight is 483 g/mol. The number of allylic oxidation sites excluding steroid dienone is 10. The number of pyridine rings is 1. The van der Waals surface area contributed by atoms with E-state index in [1.165, 1.54) is 6.20 Å². The molecule has 1 aromatic rings. The Labute approximate surface area is 210 Å². The van der Waals surface area contributed by atoms with E-state index in [1.807, 2.05) is 0 Å². The topological polar surface area (TPSA) is 59.1 Å². The van der Waals surface area contributed by atoms with Crippen LogP contribution in [-0.4, -0.2) is 23.2 Å². The Morgan fingerprint density at radius 3 is 1.94 bits per heavy atom. The van der Waals surface area contributed by atoms with Crippen LogP contribution in [0.25, 0.3) is 0 Å². The molecule has 5 heteroatoms. The van der Waals surface area contributed by atoms with Gasteiger partial charge in [0.1, 0.15) is 10.9 Å². The van der Waals surface area contributed by atoms with E-state index in [0.717, 1.165) is 44.9 Å². The van der Waals surface area contributed by atoms with Crippen molar-refractivity contribution in [2.75, 3.05) is 6.54 Å². The lowest BCUT2D eigenvalue weighted by molar-refractivity contribution is -0.119. The maximum absolute atomic E-state index is 12.0. The molecule has 4 nitrogen and oxygen atoms in total. The maximum atomic E-state index is 12.0. The average Bonchev–Trinajstić information content (AvgIpc) is 2.84. The summed E-state index contributed by atoms with van der Waals surface area (Å²) in [5.41, 5.74) is 0.466. The molecule has 1 heterocycles. The van der Waals surface area contributed by atoms with E-state index in [0.29, 0.717) is 36.5 Å². The van der Waals surface area contributed by atoms with Crippen LogP contribution in [0.4, 0.5) is 0 Å². The number of aromatic nitrogens is 1. The van der Waals surface area contributed by atoms with E-state index in [-0.39, 0.29) is 11.7 Å². The number of carbonyl (C=O) groups excluding carboxylic acids is 2. The molecule has 1 rings (SSSR count). The number of unbranched alkanes of at least 4 members (excludes halogenated alkanes) is 1. The van der Waals surface area contributed by atoms with Gasteiger partial charge in [0.15, 0.2) is 0 Å². The predicted octanol–water partition coefficient (Wildman–Crippen LogP) is 7.74. The van der Waals surface area contributed by atoms with E-state index in [1.54, 1.807) is 12.1 Å². The van der Waals surface area contributed by atoms with Crippen molar-refractivity contribution in [3.8, 4) is 0 Å². The molecule has 0 bridgehead atoms. The number of amides is 1. The Kier molecular flexibility index (Phi) is 18.0. The Hall–Kier alpha value is -2.72. The lowest BCUT2D eigenvalue weighted by Crippen LogP contribution is -2.24. The Morgan fingerprint density at radius 2 is 1.38 bits per heavy atom. The first-order valence-corrected chi connectivity index (χ1v) is 12.7. The fourth-order valence-corrected chi connectivity index (χ4v) is 3.12. The smallest absolute Gasteiger partial charge is 0.252 e. The van der Waals surface area contributed by atoms with Crippen molar-refractivity contribution in [1.82, 2.24) is 10.3 Å². The molecule has 0 radical (unpaired) electrons. The van der Waals surface area contributed by atoms with Crippen molar-refractivity contribution in [1.29, 1.82) is 0 Å². The van der Waals surface area contributed by atoms with Gasteiger partial charge in [-0.05, 0) is 63.5 Å². The molecule has 0 atom stereocenters. The second-order valence-electron chi connectivity index (χ2n) is 7.87. The Balaban J connectivity index is 1.97. The molecule has 184 valence electrons. The molecule has 0 saturated carbocycles. The lowest BCUT2D eigenvalue weighted by Gasteiger charge is -2.05. The summed E-state index contributed by atoms with van der Waals surface area (Å²) in [5, 5.41) is 3.15. The summed E-state index contributed by atoms with van der Waals surface area (Å²) in [7, 11) is 0. The molecule has 0 unspecified atom stereocenters. The SMILES string of the molecule is CC/C=C\C/C=C\C/C=C\C/C=C\C/C=C\CCCC(=O)CCCNC(=O)c1ccc(Cl)nc1. The van der Waals surface area contributed by atoms with Crippen molar-refractivity contribution in [3.05, 3.63) is 89.8 Å². The van der Waals surface area contributed by atoms with Crippen LogP contribution in [0.2, 0.25) is 5.15 Å². The number of nitrogens with one attached hydrogen (secondary N) is 1. The van der Waals surface area contributed by atoms with Gasteiger partial charge in [0, 0.05) is 25.6 Å². The summed E-state index contributed by atoms with van der Waals surface area (Å²) < 4.78 is 0. The number of hydrogen-bond donors (Lipinski definition) is 1. The largest absolute Gasteiger partial charge is 0.352 e. The van der Waals surface area contributed by atoms with Crippen LogP contribution < -0.4 is 5.32 Å². The highest BCUT2D eigenvalue weighted by Gasteiger charge is 2.06. The molecule has 0 aliphatic rings. The van der Waals surface area contributed by atoms with Crippen molar-refractivity contribution >= 4 is 23.3 Å². The third-order valence-corrected chi connectivity index (χ3v) is 5.12. The van der Waals surface area contributed by atoms with Crippen LogP contribution in [0.15, 0.2) is 79.1 Å². The summed E-state index contributed by atoms with van der Waals surface area (Å²) in [6, 6.07) is 3.21. The number of carbonyl (C=O) groups is 2. The van der Waals surface area contributed by atoms with Crippen molar-refractivity contribution in [2.45, 2.75) is 71.1 Å². The minimum absolute atomic E-state index is 0.199. The van der Waals surface area contributed by atoms with Crippen molar-refractivity contribution < 1.29 is 9.59 Å². The quantitative estimate of drug-likeness (QED) is 0.132. The van der Waals surface area contributed by atoms with Gasteiger partial charge in [-0.1, -0.05) is 79.3 Å². The highest BCUT2D eigenvalue weighted by molar-refractivity contribution is 6.29. The first-order valence-electron chi connectivity index (χ1n) is 12.3. The third kappa shape index (κ3) is 16.8. The number of ketones is 1. The minimum atomic E-state index is -0.199. The molecule has 0 aliphatic carbocycles. The number of hydrogen-bond acceptors (Lipinski definition) is 3. The zero-order chi connectivity index (χ0) is 24.7. The number of rotatable bonds is 18. The number of nitrogens with zero attached hydrogens (tertiary/aromatic N) is 1. The van der Waals surface area contributed by atoms with Crippen molar-refractivity contribution in [3.63, 3.8) is 0 Å². The van der Waals surface area contributed by atoms with Crippen LogP contribution in [-0.2, 0) is 4.79 Å². The lowest BCUT2D eigenvalue weighted by atomic mass is 10.1. The van der Waals surface area contributed by atoms with Gasteiger partial charge in [0.25, 0.3) is 5.91 Å². The van der Waals surface area contributed by atoms with Crippen LogP contribution >= 0.6 is 11.6 Å².